The second-order valence-corrected chi connectivity index (χ2v) is 4.78. The van der Waals surface area contributed by atoms with Gasteiger partial charge in [0.25, 0.3) is 0 Å². The van der Waals surface area contributed by atoms with Gasteiger partial charge in [0.15, 0.2) is 0 Å². The Morgan fingerprint density at radius 3 is 2.50 bits per heavy atom. The summed E-state index contributed by atoms with van der Waals surface area (Å²) in [4.78, 5) is 11.6. The molecule has 0 bridgehead atoms. The van der Waals surface area contributed by atoms with Crippen LogP contribution in [0.3, 0.4) is 0 Å². The van der Waals surface area contributed by atoms with Gasteiger partial charge in [-0.05, 0) is 40.7 Å². The van der Waals surface area contributed by atoms with Crippen LogP contribution in [0.25, 0.3) is 0 Å². The van der Waals surface area contributed by atoms with Crippen molar-refractivity contribution < 1.29 is 19.0 Å². The summed E-state index contributed by atoms with van der Waals surface area (Å²) in [5, 5.41) is 2.92. The quantitative estimate of drug-likeness (QED) is 0.724. The van der Waals surface area contributed by atoms with Crippen molar-refractivity contribution in [3.05, 3.63) is 0 Å². The van der Waals surface area contributed by atoms with Crippen molar-refractivity contribution in [2.45, 2.75) is 58.0 Å². The van der Waals surface area contributed by atoms with E-state index < -0.39 is 6.04 Å². The average Bonchev–Trinajstić information content (AvgIpc) is 2.29. The van der Waals surface area contributed by atoms with Crippen molar-refractivity contribution in [1.82, 2.24) is 5.32 Å². The van der Waals surface area contributed by atoms with Gasteiger partial charge in [-0.1, -0.05) is 0 Å². The number of hydrogen-bond acceptors (Lipinski definition) is 5. The maximum Gasteiger partial charge on any atom is 0.325 e. The van der Waals surface area contributed by atoms with Crippen molar-refractivity contribution in [3.63, 3.8) is 0 Å². The van der Waals surface area contributed by atoms with Gasteiger partial charge in [-0.3, -0.25) is 4.79 Å². The molecule has 3 unspecified atom stereocenters. The molecule has 0 spiro atoms. The SMILES string of the molecule is CCOC(=O)C(COC1CC(C)OC(C)C1)NC. The third kappa shape index (κ3) is 4.92. The third-order valence-corrected chi connectivity index (χ3v) is 3.07. The van der Waals surface area contributed by atoms with E-state index >= 15 is 0 Å². The number of likely N-dealkylation sites (N-methyl/N-ethyl adjacent to an activating group) is 1. The van der Waals surface area contributed by atoms with Crippen LogP contribution in [0.4, 0.5) is 0 Å². The van der Waals surface area contributed by atoms with Crippen LogP contribution in [-0.2, 0) is 19.0 Å². The van der Waals surface area contributed by atoms with E-state index in [1.165, 1.54) is 0 Å². The fourth-order valence-electron chi connectivity index (χ4n) is 2.22. The van der Waals surface area contributed by atoms with Crippen LogP contribution in [0.2, 0.25) is 0 Å². The Kier molecular flexibility index (Phi) is 6.60. The zero-order valence-electron chi connectivity index (χ0n) is 11.8. The highest BCUT2D eigenvalue weighted by molar-refractivity contribution is 5.75. The van der Waals surface area contributed by atoms with Gasteiger partial charge in [-0.2, -0.15) is 0 Å². The summed E-state index contributed by atoms with van der Waals surface area (Å²) in [6.45, 7) is 6.63. The second-order valence-electron chi connectivity index (χ2n) is 4.78. The standard InChI is InChI=1S/C13H25NO4/c1-5-16-13(15)12(14-4)8-17-11-6-9(2)18-10(3)7-11/h9-12,14H,5-8H2,1-4H3. The maximum atomic E-state index is 11.6. The van der Waals surface area contributed by atoms with Crippen LogP contribution in [0, 0.1) is 0 Å². The summed E-state index contributed by atoms with van der Waals surface area (Å²) >= 11 is 0. The molecule has 1 heterocycles. The van der Waals surface area contributed by atoms with E-state index in [1.807, 2.05) is 13.8 Å². The topological polar surface area (TPSA) is 56.8 Å². The minimum atomic E-state index is -0.390. The first-order valence-corrected chi connectivity index (χ1v) is 6.67. The summed E-state index contributed by atoms with van der Waals surface area (Å²) in [6.07, 6.45) is 2.35. The second kappa shape index (κ2) is 7.71. The number of carbonyl (C=O) groups excluding carboxylic acids is 1. The Labute approximate surface area is 109 Å². The van der Waals surface area contributed by atoms with Crippen LogP contribution < -0.4 is 5.32 Å². The van der Waals surface area contributed by atoms with Crippen molar-refractivity contribution in [3.8, 4) is 0 Å². The van der Waals surface area contributed by atoms with Crippen molar-refractivity contribution in [2.75, 3.05) is 20.3 Å². The molecule has 0 radical (unpaired) electrons. The molecule has 0 saturated carbocycles. The summed E-state index contributed by atoms with van der Waals surface area (Å²) < 4.78 is 16.4. The lowest BCUT2D eigenvalue weighted by Gasteiger charge is -2.32. The van der Waals surface area contributed by atoms with Gasteiger partial charge in [-0.25, -0.2) is 0 Å². The molecule has 3 atom stereocenters. The van der Waals surface area contributed by atoms with E-state index in [-0.39, 0.29) is 24.3 Å². The highest BCUT2D eigenvalue weighted by atomic mass is 16.5. The van der Waals surface area contributed by atoms with Gasteiger partial charge in [0.2, 0.25) is 0 Å². The van der Waals surface area contributed by atoms with Crippen LogP contribution >= 0.6 is 0 Å². The first kappa shape index (κ1) is 15.4. The van der Waals surface area contributed by atoms with Crippen LogP contribution in [0.5, 0.6) is 0 Å². The molecule has 0 aromatic carbocycles. The lowest BCUT2D eigenvalue weighted by atomic mass is 10.0. The number of nitrogens with one attached hydrogen (secondary N) is 1. The molecule has 1 saturated heterocycles. The molecule has 1 rings (SSSR count). The molecule has 1 aliphatic heterocycles. The summed E-state index contributed by atoms with van der Waals surface area (Å²) in [5.74, 6) is -0.256. The Hall–Kier alpha value is -0.650. The van der Waals surface area contributed by atoms with Crippen LogP contribution in [0.15, 0.2) is 0 Å². The molecular formula is C13H25NO4. The predicted octanol–water partition coefficient (Wildman–Crippen LogP) is 1.11. The smallest absolute Gasteiger partial charge is 0.325 e. The van der Waals surface area contributed by atoms with Crippen molar-refractivity contribution in [1.29, 1.82) is 0 Å². The number of ether oxygens (including phenoxy) is 3. The Bertz CT molecular complexity index is 249. The minimum Gasteiger partial charge on any atom is -0.465 e. The summed E-state index contributed by atoms with van der Waals surface area (Å²) in [7, 11) is 1.74. The largest absolute Gasteiger partial charge is 0.465 e. The van der Waals surface area contributed by atoms with E-state index in [1.54, 1.807) is 14.0 Å². The molecule has 0 amide bonds. The maximum absolute atomic E-state index is 11.6. The van der Waals surface area contributed by atoms with Crippen LogP contribution in [-0.4, -0.2) is 50.6 Å². The van der Waals surface area contributed by atoms with Crippen molar-refractivity contribution >= 4 is 5.97 Å². The van der Waals surface area contributed by atoms with E-state index in [0.29, 0.717) is 13.2 Å². The number of hydrogen-bond donors (Lipinski definition) is 1. The van der Waals surface area contributed by atoms with Gasteiger partial charge >= 0.3 is 5.97 Å². The predicted molar refractivity (Wildman–Crippen MR) is 68.5 cm³/mol. The molecule has 5 nitrogen and oxygen atoms in total. The van der Waals surface area contributed by atoms with Gasteiger partial charge < -0.3 is 19.5 Å². The molecule has 18 heavy (non-hydrogen) atoms. The van der Waals surface area contributed by atoms with E-state index in [9.17, 15) is 4.79 Å². The third-order valence-electron chi connectivity index (χ3n) is 3.07. The van der Waals surface area contributed by atoms with Gasteiger partial charge in [0.1, 0.15) is 6.04 Å². The molecule has 106 valence electrons. The van der Waals surface area contributed by atoms with Crippen LogP contribution in [0.1, 0.15) is 33.6 Å². The highest BCUT2D eigenvalue weighted by Crippen LogP contribution is 2.21. The monoisotopic (exact) mass is 259 g/mol. The van der Waals surface area contributed by atoms with E-state index in [2.05, 4.69) is 5.32 Å². The zero-order chi connectivity index (χ0) is 13.5. The van der Waals surface area contributed by atoms with Gasteiger partial charge in [0, 0.05) is 0 Å². The molecule has 1 aliphatic rings. The summed E-state index contributed by atoms with van der Waals surface area (Å²) in [5.41, 5.74) is 0. The number of carbonyl (C=O) groups is 1. The molecule has 0 aromatic rings. The Balaban J connectivity index is 2.35. The fourth-order valence-corrected chi connectivity index (χ4v) is 2.22. The minimum absolute atomic E-state index is 0.161. The highest BCUT2D eigenvalue weighted by Gasteiger charge is 2.27. The molecule has 0 aromatic heterocycles. The lowest BCUT2D eigenvalue weighted by Crippen LogP contribution is -2.42. The van der Waals surface area contributed by atoms with E-state index in [4.69, 9.17) is 14.2 Å². The first-order chi connectivity index (χ1) is 8.56. The van der Waals surface area contributed by atoms with Gasteiger partial charge in [0.05, 0.1) is 31.5 Å². The number of esters is 1. The average molecular weight is 259 g/mol. The lowest BCUT2D eigenvalue weighted by molar-refractivity contribution is -0.149. The fraction of sp³-hybridized carbons (Fsp3) is 0.923. The Morgan fingerprint density at radius 2 is 2.00 bits per heavy atom. The molecular weight excluding hydrogens is 234 g/mol. The van der Waals surface area contributed by atoms with E-state index in [0.717, 1.165) is 12.8 Å². The zero-order valence-corrected chi connectivity index (χ0v) is 11.8. The molecule has 1 fully saturated rings. The van der Waals surface area contributed by atoms with Crippen molar-refractivity contribution in [2.24, 2.45) is 0 Å². The summed E-state index contributed by atoms with van der Waals surface area (Å²) in [6, 6.07) is -0.390. The molecule has 1 N–H and O–H groups in total. The molecule has 5 heteroatoms. The number of rotatable bonds is 6. The van der Waals surface area contributed by atoms with Gasteiger partial charge in [-0.15, -0.1) is 0 Å². The first-order valence-electron chi connectivity index (χ1n) is 6.67. The Morgan fingerprint density at radius 1 is 1.39 bits per heavy atom. The normalized spacial score (nSPS) is 29.9. The molecule has 0 aliphatic carbocycles.